The number of rotatable bonds is 6. The molecule has 0 atom stereocenters. The maximum absolute atomic E-state index is 9.93. The minimum Gasteiger partial charge on any atom is -0.507 e. The van der Waals surface area contributed by atoms with Crippen LogP contribution in [0.25, 0.3) is 0 Å². The number of phenols is 2. The molecule has 6 nitrogen and oxygen atoms in total. The predicted molar refractivity (Wildman–Crippen MR) is 128 cm³/mol. The van der Waals surface area contributed by atoms with E-state index in [1.165, 1.54) is 0 Å². The molecule has 0 aromatic heterocycles. The Balaban J connectivity index is 1.60. The summed E-state index contributed by atoms with van der Waals surface area (Å²) >= 11 is 0. The van der Waals surface area contributed by atoms with E-state index >= 15 is 0 Å². The summed E-state index contributed by atoms with van der Waals surface area (Å²) in [6.45, 7) is 0. The Morgan fingerprint density at radius 3 is 1.19 bits per heavy atom. The fourth-order valence-electron chi connectivity index (χ4n) is 2.90. The van der Waals surface area contributed by atoms with Crippen LogP contribution in [0.4, 0.5) is 22.7 Å². The van der Waals surface area contributed by atoms with E-state index in [2.05, 4.69) is 20.2 Å². The third-order valence-electron chi connectivity index (χ3n) is 4.59. The molecule has 0 aliphatic heterocycles. The molecule has 4 rings (SSSR count). The Hall–Kier alpha value is -4.58. The van der Waals surface area contributed by atoms with Crippen LogP contribution in [0.2, 0.25) is 0 Å². The molecule has 0 unspecified atom stereocenters. The minimum atomic E-state index is 0.159. The van der Waals surface area contributed by atoms with Crippen LogP contribution >= 0.6 is 0 Å². The lowest BCUT2D eigenvalue weighted by Crippen LogP contribution is -1.81. The smallest absolute Gasteiger partial charge is 0.124 e. The molecule has 0 bridgehead atoms. The summed E-state index contributed by atoms with van der Waals surface area (Å²) in [5.74, 6) is 0.318. The molecule has 4 aromatic rings. The molecule has 0 aliphatic rings. The van der Waals surface area contributed by atoms with Crippen molar-refractivity contribution in [1.82, 2.24) is 0 Å². The van der Waals surface area contributed by atoms with E-state index in [9.17, 15) is 10.2 Å². The van der Waals surface area contributed by atoms with Gasteiger partial charge in [0, 0.05) is 23.6 Å². The van der Waals surface area contributed by atoms with Crippen LogP contribution in [0.1, 0.15) is 11.1 Å². The molecule has 2 N–H and O–H groups in total. The highest BCUT2D eigenvalue weighted by Gasteiger charge is 2.03. The van der Waals surface area contributed by atoms with Crippen molar-refractivity contribution in [3.05, 3.63) is 108 Å². The summed E-state index contributed by atoms with van der Waals surface area (Å²) in [5.41, 5.74) is 3.63. The molecule has 0 aliphatic carbocycles. The van der Waals surface area contributed by atoms with E-state index in [1.54, 1.807) is 48.8 Å². The van der Waals surface area contributed by atoms with Gasteiger partial charge in [-0.25, -0.2) is 0 Å². The molecule has 0 amide bonds. The second kappa shape index (κ2) is 9.95. The number of phenolic OH excluding ortho intramolecular Hbond substituents is 2. The molecule has 0 saturated carbocycles. The number of aromatic hydroxyl groups is 2. The highest BCUT2D eigenvalue weighted by Crippen LogP contribution is 2.33. The van der Waals surface area contributed by atoms with Gasteiger partial charge < -0.3 is 10.2 Å². The average Bonchev–Trinajstić information content (AvgIpc) is 2.83. The first-order chi connectivity index (χ1) is 15.7. The standard InChI is InChI=1S/C26H20N4O2/c31-25-15-7-1-9-19(25)17-27-21-11-3-5-13-23(21)29-30-24-14-6-4-12-22(24)28-18-20-10-2-8-16-26(20)32/h1-18,31-32H/b27-17+,28-18+,30-29+. The second-order valence-corrected chi connectivity index (χ2v) is 6.81. The zero-order valence-electron chi connectivity index (χ0n) is 17.1. The maximum Gasteiger partial charge on any atom is 0.124 e. The van der Waals surface area contributed by atoms with Crippen molar-refractivity contribution in [3.8, 4) is 11.5 Å². The average molecular weight is 420 g/mol. The Kier molecular flexibility index (Phi) is 6.43. The molecule has 0 spiro atoms. The van der Waals surface area contributed by atoms with Gasteiger partial charge >= 0.3 is 0 Å². The van der Waals surface area contributed by atoms with Crippen LogP contribution < -0.4 is 0 Å². The molecule has 0 radical (unpaired) electrons. The number of nitrogens with zero attached hydrogens (tertiary/aromatic N) is 4. The maximum atomic E-state index is 9.93. The van der Waals surface area contributed by atoms with Gasteiger partial charge in [0.25, 0.3) is 0 Å². The summed E-state index contributed by atoms with van der Waals surface area (Å²) in [6, 6.07) is 28.7. The number of aliphatic imine (C=N–C) groups is 2. The lowest BCUT2D eigenvalue weighted by Gasteiger charge is -2.02. The Morgan fingerprint density at radius 2 is 0.781 bits per heavy atom. The van der Waals surface area contributed by atoms with E-state index in [-0.39, 0.29) is 11.5 Å². The lowest BCUT2D eigenvalue weighted by atomic mass is 10.2. The quantitative estimate of drug-likeness (QED) is 0.259. The van der Waals surface area contributed by atoms with Crippen molar-refractivity contribution in [3.63, 3.8) is 0 Å². The summed E-state index contributed by atoms with van der Waals surface area (Å²) < 4.78 is 0. The van der Waals surface area contributed by atoms with Crippen LogP contribution in [0.3, 0.4) is 0 Å². The molecule has 156 valence electrons. The largest absolute Gasteiger partial charge is 0.507 e. The molecule has 0 heterocycles. The van der Waals surface area contributed by atoms with Crippen molar-refractivity contribution in [2.24, 2.45) is 20.2 Å². The highest BCUT2D eigenvalue weighted by molar-refractivity contribution is 5.87. The van der Waals surface area contributed by atoms with Crippen LogP contribution in [0.5, 0.6) is 11.5 Å². The van der Waals surface area contributed by atoms with Gasteiger partial charge in [-0.3, -0.25) is 9.98 Å². The topological polar surface area (TPSA) is 89.9 Å². The number of hydrogen-bond donors (Lipinski definition) is 2. The van der Waals surface area contributed by atoms with Gasteiger partial charge in [-0.1, -0.05) is 48.5 Å². The van der Waals surface area contributed by atoms with E-state index in [4.69, 9.17) is 0 Å². The van der Waals surface area contributed by atoms with E-state index in [1.807, 2.05) is 60.7 Å². The van der Waals surface area contributed by atoms with Gasteiger partial charge in [-0.15, -0.1) is 10.2 Å². The van der Waals surface area contributed by atoms with Crippen LogP contribution in [0.15, 0.2) is 117 Å². The van der Waals surface area contributed by atoms with E-state index in [0.717, 1.165) is 0 Å². The first kappa shape index (κ1) is 20.7. The third kappa shape index (κ3) is 5.12. The SMILES string of the molecule is Oc1ccccc1/C=N/c1ccccc1/N=N/c1ccccc1/N=C/c1ccccc1O. The zero-order valence-corrected chi connectivity index (χ0v) is 17.1. The number of azo groups is 1. The minimum absolute atomic E-state index is 0.159. The summed E-state index contributed by atoms with van der Waals surface area (Å²) in [6.07, 6.45) is 3.18. The van der Waals surface area contributed by atoms with Gasteiger partial charge in [0.15, 0.2) is 0 Å². The van der Waals surface area contributed by atoms with E-state index in [0.29, 0.717) is 33.9 Å². The first-order valence-corrected chi connectivity index (χ1v) is 9.94. The summed E-state index contributed by atoms with van der Waals surface area (Å²) in [7, 11) is 0. The van der Waals surface area contributed by atoms with Crippen LogP contribution in [-0.2, 0) is 0 Å². The Bertz CT molecular complexity index is 1210. The highest BCUT2D eigenvalue weighted by atomic mass is 16.3. The second-order valence-electron chi connectivity index (χ2n) is 6.81. The predicted octanol–water partition coefficient (Wildman–Crippen LogP) is 7.01. The summed E-state index contributed by atoms with van der Waals surface area (Å²) in [5, 5.41) is 28.6. The van der Waals surface area contributed by atoms with Crippen molar-refractivity contribution in [1.29, 1.82) is 0 Å². The molecule has 32 heavy (non-hydrogen) atoms. The fourth-order valence-corrected chi connectivity index (χ4v) is 2.90. The first-order valence-electron chi connectivity index (χ1n) is 9.94. The van der Waals surface area contributed by atoms with Gasteiger partial charge in [0.1, 0.15) is 22.9 Å². The monoisotopic (exact) mass is 420 g/mol. The Labute approximate surface area is 185 Å². The molecular formula is C26H20N4O2. The fraction of sp³-hybridized carbons (Fsp3) is 0. The Morgan fingerprint density at radius 1 is 0.438 bits per heavy atom. The van der Waals surface area contributed by atoms with Crippen LogP contribution in [-0.4, -0.2) is 22.6 Å². The normalized spacial score (nSPS) is 11.6. The third-order valence-corrected chi connectivity index (χ3v) is 4.59. The van der Waals surface area contributed by atoms with Crippen molar-refractivity contribution < 1.29 is 10.2 Å². The van der Waals surface area contributed by atoms with Crippen molar-refractivity contribution in [2.45, 2.75) is 0 Å². The van der Waals surface area contributed by atoms with Gasteiger partial charge in [0.2, 0.25) is 0 Å². The zero-order chi connectivity index (χ0) is 22.2. The molecule has 6 heteroatoms. The van der Waals surface area contributed by atoms with Crippen LogP contribution in [0, 0.1) is 0 Å². The van der Waals surface area contributed by atoms with Crippen molar-refractivity contribution >= 4 is 35.2 Å². The molecule has 0 fully saturated rings. The van der Waals surface area contributed by atoms with Gasteiger partial charge in [0.05, 0.1) is 11.4 Å². The number of benzene rings is 4. The summed E-state index contributed by atoms with van der Waals surface area (Å²) in [4.78, 5) is 8.92. The van der Waals surface area contributed by atoms with Gasteiger partial charge in [-0.05, 0) is 48.5 Å². The van der Waals surface area contributed by atoms with Crippen molar-refractivity contribution in [2.75, 3.05) is 0 Å². The molecular weight excluding hydrogens is 400 g/mol. The molecule has 4 aromatic carbocycles. The molecule has 0 saturated heterocycles. The van der Waals surface area contributed by atoms with E-state index < -0.39 is 0 Å². The van der Waals surface area contributed by atoms with Gasteiger partial charge in [-0.2, -0.15) is 0 Å². The number of hydrogen-bond acceptors (Lipinski definition) is 6. The number of para-hydroxylation sites is 4. The lowest BCUT2D eigenvalue weighted by molar-refractivity contribution is 0.474.